The average Bonchev–Trinajstić information content (AvgIpc) is 2.93. The first kappa shape index (κ1) is 11.3. The minimum absolute atomic E-state index is 0.0787. The van der Waals surface area contributed by atoms with E-state index in [1.54, 1.807) is 6.08 Å². The van der Waals surface area contributed by atoms with Gasteiger partial charge in [0.25, 0.3) is 5.91 Å². The highest BCUT2D eigenvalue weighted by molar-refractivity contribution is 8.15. The minimum Gasteiger partial charge on any atom is -0.323 e. The van der Waals surface area contributed by atoms with Crippen LogP contribution in [0.3, 0.4) is 0 Å². The molecule has 1 saturated heterocycles. The number of amides is 1. The molecule has 92 valence electrons. The molecule has 1 spiro atoms. The van der Waals surface area contributed by atoms with Crippen LogP contribution in [0.15, 0.2) is 41.9 Å². The van der Waals surface area contributed by atoms with Gasteiger partial charge >= 0.3 is 0 Å². The number of fused-ring (bicyclic) bond motifs is 2. The molecule has 1 amide bonds. The van der Waals surface area contributed by atoms with E-state index in [4.69, 9.17) is 0 Å². The van der Waals surface area contributed by atoms with Gasteiger partial charge in [-0.3, -0.25) is 15.2 Å². The molecule has 1 atom stereocenters. The molecule has 18 heavy (non-hydrogen) atoms. The van der Waals surface area contributed by atoms with Crippen LogP contribution < -0.4 is 16.2 Å². The highest BCUT2D eigenvalue weighted by atomic mass is 32.2. The minimum atomic E-state index is -0.809. The summed E-state index contributed by atoms with van der Waals surface area (Å²) in [5, 5.41) is 3.57. The fraction of sp³-hybridized carbons (Fsp3) is 0.167. The molecule has 3 N–H and O–H groups in total. The molecule has 0 bridgehead atoms. The van der Waals surface area contributed by atoms with E-state index in [0.717, 1.165) is 11.3 Å². The molecule has 2 heterocycles. The maximum Gasteiger partial charge on any atom is 0.262 e. The molecule has 1 aromatic carbocycles. The Labute approximate surface area is 109 Å². The molecule has 0 aromatic heterocycles. The van der Waals surface area contributed by atoms with Crippen LogP contribution in [0.1, 0.15) is 5.56 Å². The second kappa shape index (κ2) is 4.15. The zero-order valence-corrected chi connectivity index (χ0v) is 10.4. The first-order chi connectivity index (χ1) is 8.76. The molecule has 2 aliphatic heterocycles. The first-order valence-electron chi connectivity index (χ1n) is 5.55. The zero-order chi connectivity index (χ0) is 12.6. The molecule has 5 nitrogen and oxygen atoms in total. The number of carbonyl (C=O) groups excluding carboxylic acids is 1. The predicted octanol–water partition coefficient (Wildman–Crippen LogP) is 1.17. The van der Waals surface area contributed by atoms with Crippen LogP contribution >= 0.6 is 11.8 Å². The lowest BCUT2D eigenvalue weighted by Crippen LogP contribution is -2.45. The standard InChI is InChI=1S/C12H12N4OS/c1-2-7-13-11-15-16-12(18-11)8-5-3-4-6-9(8)14-10(12)17/h2-6,16H,1,7H2,(H,13,15)(H,14,17). The first-order valence-corrected chi connectivity index (χ1v) is 6.36. The summed E-state index contributed by atoms with van der Waals surface area (Å²) in [7, 11) is 0. The van der Waals surface area contributed by atoms with E-state index in [9.17, 15) is 4.79 Å². The summed E-state index contributed by atoms with van der Waals surface area (Å²) in [6, 6.07) is 7.65. The van der Waals surface area contributed by atoms with Crippen molar-refractivity contribution >= 4 is 28.5 Å². The van der Waals surface area contributed by atoms with E-state index in [2.05, 4.69) is 27.7 Å². The summed E-state index contributed by atoms with van der Waals surface area (Å²) in [5.41, 5.74) is 7.75. The number of anilines is 1. The Bertz CT molecular complexity index is 557. The van der Waals surface area contributed by atoms with Gasteiger partial charge in [0.2, 0.25) is 0 Å². The Morgan fingerprint density at radius 1 is 1.44 bits per heavy atom. The molecule has 1 unspecified atom stereocenters. The lowest BCUT2D eigenvalue weighted by molar-refractivity contribution is -0.118. The Morgan fingerprint density at radius 2 is 2.28 bits per heavy atom. The van der Waals surface area contributed by atoms with Crippen LogP contribution in [0.2, 0.25) is 0 Å². The molecular formula is C12H12N4OS. The van der Waals surface area contributed by atoms with Gasteiger partial charge in [-0.05, 0) is 17.8 Å². The molecule has 0 radical (unpaired) electrons. The summed E-state index contributed by atoms with van der Waals surface area (Å²) in [5.74, 6) is -0.0787. The largest absolute Gasteiger partial charge is 0.323 e. The van der Waals surface area contributed by atoms with Crippen LogP contribution in [0.25, 0.3) is 0 Å². The fourth-order valence-electron chi connectivity index (χ4n) is 2.01. The van der Waals surface area contributed by atoms with E-state index in [1.807, 2.05) is 24.3 Å². The van der Waals surface area contributed by atoms with Crippen molar-refractivity contribution in [3.05, 3.63) is 42.5 Å². The smallest absolute Gasteiger partial charge is 0.262 e. The van der Waals surface area contributed by atoms with Gasteiger partial charge in [-0.15, -0.1) is 6.58 Å². The SMILES string of the molecule is C=CCN=C1NNC2(S1)C(=O)Nc1ccccc12. The van der Waals surface area contributed by atoms with Gasteiger partial charge in [-0.1, -0.05) is 24.3 Å². The van der Waals surface area contributed by atoms with Crippen LogP contribution in [-0.4, -0.2) is 17.6 Å². The third-order valence-corrected chi connectivity index (χ3v) is 4.07. The maximum atomic E-state index is 12.2. The van der Waals surface area contributed by atoms with E-state index < -0.39 is 4.87 Å². The number of nitrogens with zero attached hydrogens (tertiary/aromatic N) is 1. The summed E-state index contributed by atoms with van der Waals surface area (Å²) in [4.78, 5) is 15.6. The molecule has 3 rings (SSSR count). The Hall–Kier alpha value is -1.79. The normalized spacial score (nSPS) is 27.1. The number of aliphatic imine (C=N–C) groups is 1. The van der Waals surface area contributed by atoms with Crippen molar-refractivity contribution in [3.63, 3.8) is 0 Å². The summed E-state index contributed by atoms with van der Waals surface area (Å²) < 4.78 is 0. The molecule has 2 aliphatic rings. The fourth-order valence-corrected chi connectivity index (χ4v) is 3.08. The second-order valence-corrected chi connectivity index (χ2v) is 5.17. The molecular weight excluding hydrogens is 248 g/mol. The number of nitrogens with one attached hydrogen (secondary N) is 3. The van der Waals surface area contributed by atoms with Gasteiger partial charge < -0.3 is 5.32 Å². The Kier molecular flexibility index (Phi) is 2.61. The van der Waals surface area contributed by atoms with Crippen molar-refractivity contribution in [2.75, 3.05) is 11.9 Å². The average molecular weight is 260 g/mol. The highest BCUT2D eigenvalue weighted by Gasteiger charge is 2.52. The number of hydrazine groups is 1. The monoisotopic (exact) mass is 260 g/mol. The predicted molar refractivity (Wildman–Crippen MR) is 73.1 cm³/mol. The van der Waals surface area contributed by atoms with E-state index in [0.29, 0.717) is 11.7 Å². The number of thioether (sulfide) groups is 1. The zero-order valence-electron chi connectivity index (χ0n) is 9.56. The van der Waals surface area contributed by atoms with E-state index in [1.165, 1.54) is 11.8 Å². The number of amidine groups is 1. The number of hydrogen-bond acceptors (Lipinski definition) is 4. The second-order valence-electron chi connectivity index (χ2n) is 3.97. The molecule has 6 heteroatoms. The van der Waals surface area contributed by atoms with Crippen LogP contribution in [-0.2, 0) is 9.67 Å². The van der Waals surface area contributed by atoms with Gasteiger partial charge in [0, 0.05) is 11.3 Å². The van der Waals surface area contributed by atoms with E-state index in [-0.39, 0.29) is 5.91 Å². The van der Waals surface area contributed by atoms with Crippen molar-refractivity contribution < 1.29 is 4.79 Å². The van der Waals surface area contributed by atoms with Gasteiger partial charge in [-0.25, -0.2) is 5.43 Å². The van der Waals surface area contributed by atoms with Crippen LogP contribution in [0, 0.1) is 0 Å². The lowest BCUT2D eigenvalue weighted by Gasteiger charge is -2.17. The van der Waals surface area contributed by atoms with Crippen molar-refractivity contribution in [1.29, 1.82) is 0 Å². The van der Waals surface area contributed by atoms with E-state index >= 15 is 0 Å². The van der Waals surface area contributed by atoms with Gasteiger partial charge in [0.15, 0.2) is 10.0 Å². The lowest BCUT2D eigenvalue weighted by atomic mass is 10.1. The molecule has 1 aromatic rings. The van der Waals surface area contributed by atoms with Crippen LogP contribution in [0.4, 0.5) is 5.69 Å². The number of carbonyl (C=O) groups is 1. The third kappa shape index (κ3) is 1.53. The quantitative estimate of drug-likeness (QED) is 0.699. The van der Waals surface area contributed by atoms with Gasteiger partial charge in [-0.2, -0.15) is 0 Å². The van der Waals surface area contributed by atoms with Crippen molar-refractivity contribution in [3.8, 4) is 0 Å². The topological polar surface area (TPSA) is 65.5 Å². The molecule has 1 fully saturated rings. The van der Waals surface area contributed by atoms with Gasteiger partial charge in [0.05, 0.1) is 6.54 Å². The van der Waals surface area contributed by atoms with Gasteiger partial charge in [0.1, 0.15) is 0 Å². The van der Waals surface area contributed by atoms with Crippen molar-refractivity contribution in [2.24, 2.45) is 4.99 Å². The number of hydrogen-bond donors (Lipinski definition) is 3. The third-order valence-electron chi connectivity index (χ3n) is 2.83. The number of para-hydroxylation sites is 1. The Balaban J connectivity index is 1.97. The summed E-state index contributed by atoms with van der Waals surface area (Å²) in [6.07, 6.45) is 1.71. The molecule has 0 saturated carbocycles. The molecule has 0 aliphatic carbocycles. The van der Waals surface area contributed by atoms with Crippen LogP contribution in [0.5, 0.6) is 0 Å². The van der Waals surface area contributed by atoms with Crippen molar-refractivity contribution in [1.82, 2.24) is 10.9 Å². The highest BCUT2D eigenvalue weighted by Crippen LogP contribution is 2.45. The maximum absolute atomic E-state index is 12.2. The summed E-state index contributed by atoms with van der Waals surface area (Å²) >= 11 is 1.38. The van der Waals surface area contributed by atoms with Crippen molar-refractivity contribution in [2.45, 2.75) is 4.87 Å². The summed E-state index contributed by atoms with van der Waals surface area (Å²) in [6.45, 7) is 4.14. The Morgan fingerprint density at radius 3 is 3.11 bits per heavy atom. The number of benzene rings is 1. The number of rotatable bonds is 2.